The number of aromatic nitrogens is 1. The van der Waals surface area contributed by atoms with Gasteiger partial charge in [0, 0.05) is 31.9 Å². The highest BCUT2D eigenvalue weighted by atomic mass is 16.4. The zero-order valence-electron chi connectivity index (χ0n) is 11.3. The second kappa shape index (κ2) is 7.49. The minimum Gasteiger partial charge on any atom is -0.480 e. The molecule has 1 N–H and O–H groups in total. The van der Waals surface area contributed by atoms with Gasteiger partial charge in [-0.3, -0.25) is 14.7 Å². The molecule has 19 heavy (non-hydrogen) atoms. The highest BCUT2D eigenvalue weighted by Crippen LogP contribution is 2.15. The minimum atomic E-state index is -0.850. The number of carboxylic acid groups (broad SMARTS) is 1. The average molecular weight is 261 g/mol. The second-order valence-corrected chi connectivity index (χ2v) is 4.77. The maximum atomic E-state index is 11.4. The van der Waals surface area contributed by atoms with E-state index in [4.69, 9.17) is 5.26 Å². The summed E-state index contributed by atoms with van der Waals surface area (Å²) in [5.41, 5.74) is 0.951. The molecule has 0 radical (unpaired) electrons. The van der Waals surface area contributed by atoms with Crippen molar-refractivity contribution >= 4 is 5.97 Å². The van der Waals surface area contributed by atoms with E-state index in [0.717, 1.165) is 5.56 Å². The first-order valence-corrected chi connectivity index (χ1v) is 6.29. The molecule has 102 valence electrons. The van der Waals surface area contributed by atoms with Crippen LogP contribution in [0.25, 0.3) is 0 Å². The fourth-order valence-electron chi connectivity index (χ4n) is 2.10. The number of hydrogen-bond donors (Lipinski definition) is 1. The number of rotatable bonds is 7. The summed E-state index contributed by atoms with van der Waals surface area (Å²) >= 11 is 0. The van der Waals surface area contributed by atoms with Crippen molar-refractivity contribution in [3.8, 4) is 6.07 Å². The lowest BCUT2D eigenvalue weighted by atomic mass is 10.0. The molecule has 1 atom stereocenters. The Morgan fingerprint density at radius 1 is 1.58 bits per heavy atom. The molecule has 0 bridgehead atoms. The summed E-state index contributed by atoms with van der Waals surface area (Å²) in [7, 11) is 0. The number of aliphatic carboxylic acids is 1. The van der Waals surface area contributed by atoms with E-state index in [9.17, 15) is 9.90 Å². The maximum absolute atomic E-state index is 11.4. The van der Waals surface area contributed by atoms with Crippen LogP contribution in [0.5, 0.6) is 0 Å². The van der Waals surface area contributed by atoms with Crippen LogP contribution in [0.4, 0.5) is 0 Å². The Bertz CT molecular complexity index is 440. The number of nitrogens with zero attached hydrogens (tertiary/aromatic N) is 3. The van der Waals surface area contributed by atoms with Gasteiger partial charge in [-0.25, -0.2) is 0 Å². The van der Waals surface area contributed by atoms with Crippen molar-refractivity contribution in [2.45, 2.75) is 32.9 Å². The summed E-state index contributed by atoms with van der Waals surface area (Å²) in [6.45, 7) is 4.69. The van der Waals surface area contributed by atoms with E-state index in [1.807, 2.05) is 30.9 Å². The van der Waals surface area contributed by atoms with Gasteiger partial charge in [0.1, 0.15) is 6.04 Å². The van der Waals surface area contributed by atoms with Gasteiger partial charge in [0.2, 0.25) is 0 Å². The van der Waals surface area contributed by atoms with Crippen LogP contribution in [-0.2, 0) is 11.3 Å². The lowest BCUT2D eigenvalue weighted by Crippen LogP contribution is -2.44. The van der Waals surface area contributed by atoms with Gasteiger partial charge in [0.05, 0.1) is 6.07 Å². The van der Waals surface area contributed by atoms with Gasteiger partial charge in [0.25, 0.3) is 0 Å². The van der Waals surface area contributed by atoms with Gasteiger partial charge in [-0.2, -0.15) is 5.26 Å². The summed E-state index contributed by atoms with van der Waals surface area (Å²) in [6.07, 6.45) is 3.72. The zero-order valence-corrected chi connectivity index (χ0v) is 11.3. The van der Waals surface area contributed by atoms with E-state index in [-0.39, 0.29) is 5.92 Å². The van der Waals surface area contributed by atoms with Gasteiger partial charge < -0.3 is 5.11 Å². The predicted molar refractivity (Wildman–Crippen MR) is 71.1 cm³/mol. The largest absolute Gasteiger partial charge is 0.480 e. The van der Waals surface area contributed by atoms with Crippen molar-refractivity contribution in [1.82, 2.24) is 9.88 Å². The third-order valence-electron chi connectivity index (χ3n) is 2.90. The summed E-state index contributed by atoms with van der Waals surface area (Å²) in [5, 5.41) is 18.1. The normalized spacial score (nSPS) is 12.4. The van der Waals surface area contributed by atoms with E-state index < -0.39 is 12.0 Å². The van der Waals surface area contributed by atoms with Crippen LogP contribution in [-0.4, -0.2) is 33.5 Å². The molecular weight excluding hydrogens is 242 g/mol. The monoisotopic (exact) mass is 261 g/mol. The number of pyridine rings is 1. The third kappa shape index (κ3) is 4.68. The Hall–Kier alpha value is -1.93. The standard InChI is InChI=1S/C14H19N3O2/c1-11(2)13(14(18)19)17(8-4-6-15)10-12-5-3-7-16-9-12/h3,5,7,9,11,13H,4,8,10H2,1-2H3,(H,18,19). The van der Waals surface area contributed by atoms with Crippen LogP contribution in [0.1, 0.15) is 25.8 Å². The first kappa shape index (κ1) is 15.1. The summed E-state index contributed by atoms with van der Waals surface area (Å²) in [4.78, 5) is 17.3. The van der Waals surface area contributed by atoms with Crippen molar-refractivity contribution in [2.24, 2.45) is 5.92 Å². The number of nitriles is 1. The van der Waals surface area contributed by atoms with E-state index in [1.165, 1.54) is 0 Å². The van der Waals surface area contributed by atoms with Gasteiger partial charge in [-0.15, -0.1) is 0 Å². The molecule has 1 heterocycles. The average Bonchev–Trinajstić information content (AvgIpc) is 2.36. The molecule has 0 spiro atoms. The Balaban J connectivity index is 2.87. The molecule has 1 aromatic heterocycles. The minimum absolute atomic E-state index is 0.0205. The van der Waals surface area contributed by atoms with Crippen molar-refractivity contribution in [3.63, 3.8) is 0 Å². The molecule has 1 unspecified atom stereocenters. The molecular formula is C14H19N3O2. The highest BCUT2D eigenvalue weighted by molar-refractivity contribution is 5.73. The zero-order chi connectivity index (χ0) is 14.3. The second-order valence-electron chi connectivity index (χ2n) is 4.77. The Labute approximate surface area is 113 Å². The van der Waals surface area contributed by atoms with E-state index in [0.29, 0.717) is 19.5 Å². The smallest absolute Gasteiger partial charge is 0.321 e. The third-order valence-corrected chi connectivity index (χ3v) is 2.90. The van der Waals surface area contributed by atoms with Crippen LogP contribution in [0, 0.1) is 17.2 Å². The van der Waals surface area contributed by atoms with Gasteiger partial charge in [0.15, 0.2) is 0 Å². The lowest BCUT2D eigenvalue weighted by Gasteiger charge is -2.30. The predicted octanol–water partition coefficient (Wildman–Crippen LogP) is 1.91. The summed E-state index contributed by atoms with van der Waals surface area (Å²) in [5.74, 6) is -0.871. The van der Waals surface area contributed by atoms with Crippen LogP contribution < -0.4 is 0 Å². The quantitative estimate of drug-likeness (QED) is 0.811. The Kier molecular flexibility index (Phi) is 5.97. The van der Waals surface area contributed by atoms with Crippen LogP contribution in [0.15, 0.2) is 24.5 Å². The summed E-state index contributed by atoms with van der Waals surface area (Å²) < 4.78 is 0. The molecule has 0 saturated carbocycles. The van der Waals surface area contributed by atoms with E-state index in [2.05, 4.69) is 11.1 Å². The SMILES string of the molecule is CC(C)C(C(=O)O)N(CCC#N)Cc1cccnc1. The van der Waals surface area contributed by atoms with Crippen LogP contribution >= 0.6 is 0 Å². The molecule has 0 aliphatic carbocycles. The molecule has 0 saturated heterocycles. The number of carbonyl (C=O) groups is 1. The first-order chi connectivity index (χ1) is 9.06. The maximum Gasteiger partial charge on any atom is 0.321 e. The molecule has 0 fully saturated rings. The van der Waals surface area contributed by atoms with E-state index >= 15 is 0 Å². The topological polar surface area (TPSA) is 77.2 Å². The molecule has 1 rings (SSSR count). The molecule has 1 aromatic rings. The van der Waals surface area contributed by atoms with Gasteiger partial charge >= 0.3 is 5.97 Å². The Morgan fingerprint density at radius 2 is 2.32 bits per heavy atom. The Morgan fingerprint density at radius 3 is 2.79 bits per heavy atom. The van der Waals surface area contributed by atoms with Gasteiger partial charge in [-0.05, 0) is 17.5 Å². The molecule has 0 amide bonds. The molecule has 0 aliphatic rings. The lowest BCUT2D eigenvalue weighted by molar-refractivity contribution is -0.145. The first-order valence-electron chi connectivity index (χ1n) is 6.29. The van der Waals surface area contributed by atoms with Crippen molar-refractivity contribution in [1.29, 1.82) is 5.26 Å². The van der Waals surface area contributed by atoms with Crippen LogP contribution in [0.3, 0.4) is 0 Å². The summed E-state index contributed by atoms with van der Waals surface area (Å²) in [6, 6.07) is 5.21. The van der Waals surface area contributed by atoms with Crippen molar-refractivity contribution in [3.05, 3.63) is 30.1 Å². The highest BCUT2D eigenvalue weighted by Gasteiger charge is 2.28. The number of carboxylic acids is 1. The van der Waals surface area contributed by atoms with Crippen molar-refractivity contribution in [2.75, 3.05) is 6.54 Å². The molecule has 5 nitrogen and oxygen atoms in total. The fourth-order valence-corrected chi connectivity index (χ4v) is 2.10. The molecule has 5 heteroatoms. The van der Waals surface area contributed by atoms with Gasteiger partial charge in [-0.1, -0.05) is 19.9 Å². The number of hydrogen-bond acceptors (Lipinski definition) is 4. The molecule has 0 aromatic carbocycles. The fraction of sp³-hybridized carbons (Fsp3) is 0.500. The molecule has 0 aliphatic heterocycles. The van der Waals surface area contributed by atoms with E-state index in [1.54, 1.807) is 12.4 Å². The van der Waals surface area contributed by atoms with Crippen molar-refractivity contribution < 1.29 is 9.90 Å². The van der Waals surface area contributed by atoms with Crippen LogP contribution in [0.2, 0.25) is 0 Å².